The predicted octanol–water partition coefficient (Wildman–Crippen LogP) is 9.48. The number of esters is 2. The molecule has 0 rings (SSSR count). The Kier molecular flexibility index (Phi) is 27.3. The van der Waals surface area contributed by atoms with E-state index in [-0.39, 0.29) is 11.9 Å². The smallest absolute Gasteiger partial charge is 0.305 e. The lowest BCUT2D eigenvalue weighted by Crippen LogP contribution is -2.07. The SMILES string of the molecule is CCCCCCCCCCCC(=O)OCCCCCCOC(=O)CCCCCCCCCCC. The van der Waals surface area contributed by atoms with Gasteiger partial charge in [0, 0.05) is 12.8 Å². The summed E-state index contributed by atoms with van der Waals surface area (Å²) in [5.41, 5.74) is 0. The third kappa shape index (κ3) is 27.2. The first-order chi connectivity index (χ1) is 16.7. The maximum absolute atomic E-state index is 11.8. The first kappa shape index (κ1) is 32.9. The summed E-state index contributed by atoms with van der Waals surface area (Å²) in [7, 11) is 0. The first-order valence-corrected chi connectivity index (χ1v) is 15.0. The van der Waals surface area contributed by atoms with E-state index >= 15 is 0 Å². The number of carbonyl (C=O) groups excluding carboxylic acids is 2. The topological polar surface area (TPSA) is 52.6 Å². The molecular weight excluding hydrogens is 424 g/mol. The molecule has 0 amide bonds. The van der Waals surface area contributed by atoms with Gasteiger partial charge in [-0.25, -0.2) is 0 Å². The van der Waals surface area contributed by atoms with Crippen molar-refractivity contribution in [2.45, 2.75) is 168 Å². The number of rotatable bonds is 27. The van der Waals surface area contributed by atoms with Gasteiger partial charge in [0.25, 0.3) is 0 Å². The lowest BCUT2D eigenvalue weighted by atomic mass is 10.1. The molecule has 4 nitrogen and oxygen atoms in total. The van der Waals surface area contributed by atoms with Gasteiger partial charge in [-0.05, 0) is 38.5 Å². The van der Waals surface area contributed by atoms with Crippen molar-refractivity contribution in [2.75, 3.05) is 13.2 Å². The minimum Gasteiger partial charge on any atom is -0.466 e. The Morgan fingerprint density at radius 2 is 0.647 bits per heavy atom. The van der Waals surface area contributed by atoms with E-state index in [4.69, 9.17) is 9.47 Å². The van der Waals surface area contributed by atoms with Gasteiger partial charge in [-0.1, -0.05) is 117 Å². The van der Waals surface area contributed by atoms with Gasteiger partial charge < -0.3 is 9.47 Å². The summed E-state index contributed by atoms with van der Waals surface area (Å²) in [5.74, 6) is -0.0956. The van der Waals surface area contributed by atoms with E-state index < -0.39 is 0 Å². The van der Waals surface area contributed by atoms with Gasteiger partial charge >= 0.3 is 11.9 Å². The lowest BCUT2D eigenvalue weighted by Gasteiger charge is -2.06. The standard InChI is InChI=1S/C30H58O4/c1-3-5-7-9-11-13-15-17-21-25-29(31)33-27-23-19-20-24-28-34-30(32)26-22-18-16-14-12-10-8-6-4-2/h3-28H2,1-2H3. The van der Waals surface area contributed by atoms with Crippen LogP contribution in [0.15, 0.2) is 0 Å². The average Bonchev–Trinajstić information content (AvgIpc) is 2.83. The van der Waals surface area contributed by atoms with Crippen LogP contribution in [0.2, 0.25) is 0 Å². The zero-order valence-corrected chi connectivity index (χ0v) is 23.0. The maximum atomic E-state index is 11.8. The van der Waals surface area contributed by atoms with Crippen molar-refractivity contribution >= 4 is 11.9 Å². The van der Waals surface area contributed by atoms with Crippen molar-refractivity contribution in [1.82, 2.24) is 0 Å². The summed E-state index contributed by atoms with van der Waals surface area (Å²) in [6.45, 7) is 5.54. The Balaban J connectivity index is 3.25. The van der Waals surface area contributed by atoms with Crippen LogP contribution < -0.4 is 0 Å². The molecule has 0 spiro atoms. The number of hydrogen-bond donors (Lipinski definition) is 0. The molecule has 0 radical (unpaired) electrons. The van der Waals surface area contributed by atoms with E-state index in [2.05, 4.69) is 13.8 Å². The third-order valence-corrected chi connectivity index (χ3v) is 6.53. The number of unbranched alkanes of at least 4 members (excludes halogenated alkanes) is 19. The van der Waals surface area contributed by atoms with Gasteiger partial charge in [0.15, 0.2) is 0 Å². The van der Waals surface area contributed by atoms with Gasteiger partial charge in [0.1, 0.15) is 0 Å². The van der Waals surface area contributed by atoms with Crippen LogP contribution in [0, 0.1) is 0 Å². The van der Waals surface area contributed by atoms with Crippen molar-refractivity contribution in [3.8, 4) is 0 Å². The largest absolute Gasteiger partial charge is 0.466 e. The molecule has 0 aliphatic carbocycles. The molecule has 0 aromatic heterocycles. The zero-order valence-electron chi connectivity index (χ0n) is 23.0. The molecule has 0 aliphatic rings. The fourth-order valence-corrected chi connectivity index (χ4v) is 4.23. The highest BCUT2D eigenvalue weighted by molar-refractivity contribution is 5.69. The van der Waals surface area contributed by atoms with E-state index in [0.29, 0.717) is 26.1 Å². The molecule has 0 unspecified atom stereocenters. The predicted molar refractivity (Wildman–Crippen MR) is 144 cm³/mol. The van der Waals surface area contributed by atoms with E-state index in [9.17, 15) is 9.59 Å². The third-order valence-electron chi connectivity index (χ3n) is 6.53. The van der Waals surface area contributed by atoms with Crippen molar-refractivity contribution in [1.29, 1.82) is 0 Å². The molecule has 0 heterocycles. The molecule has 0 saturated carbocycles. The Morgan fingerprint density at radius 3 is 0.971 bits per heavy atom. The molecule has 34 heavy (non-hydrogen) atoms. The summed E-state index contributed by atoms with van der Waals surface area (Å²) in [6, 6.07) is 0. The number of carbonyl (C=O) groups is 2. The van der Waals surface area contributed by atoms with Crippen molar-refractivity contribution in [3.05, 3.63) is 0 Å². The van der Waals surface area contributed by atoms with Gasteiger partial charge in [-0.15, -0.1) is 0 Å². The molecule has 0 saturated heterocycles. The molecule has 0 aliphatic heterocycles. The zero-order chi connectivity index (χ0) is 25.0. The van der Waals surface area contributed by atoms with Gasteiger partial charge in [-0.2, -0.15) is 0 Å². The second-order valence-corrected chi connectivity index (χ2v) is 10.0. The number of hydrogen-bond acceptors (Lipinski definition) is 4. The highest BCUT2D eigenvalue weighted by Gasteiger charge is 2.04. The van der Waals surface area contributed by atoms with Crippen LogP contribution in [-0.4, -0.2) is 25.2 Å². The van der Waals surface area contributed by atoms with E-state index in [1.165, 1.54) is 89.9 Å². The van der Waals surface area contributed by atoms with E-state index in [1.54, 1.807) is 0 Å². The van der Waals surface area contributed by atoms with Crippen LogP contribution in [0.25, 0.3) is 0 Å². The van der Waals surface area contributed by atoms with Gasteiger partial charge in [0.2, 0.25) is 0 Å². The summed E-state index contributed by atoms with van der Waals surface area (Å²) in [5, 5.41) is 0. The normalized spacial score (nSPS) is 11.0. The summed E-state index contributed by atoms with van der Waals surface area (Å²) in [6.07, 6.45) is 27.7. The fourth-order valence-electron chi connectivity index (χ4n) is 4.23. The van der Waals surface area contributed by atoms with Crippen molar-refractivity contribution in [2.24, 2.45) is 0 Å². The molecule has 0 aromatic carbocycles. The lowest BCUT2D eigenvalue weighted by molar-refractivity contribution is -0.145. The van der Waals surface area contributed by atoms with E-state index in [0.717, 1.165) is 51.4 Å². The highest BCUT2D eigenvalue weighted by atomic mass is 16.5. The molecule has 0 aromatic rings. The van der Waals surface area contributed by atoms with Crippen LogP contribution in [0.5, 0.6) is 0 Å². The van der Waals surface area contributed by atoms with Crippen molar-refractivity contribution in [3.63, 3.8) is 0 Å². The maximum Gasteiger partial charge on any atom is 0.305 e. The van der Waals surface area contributed by atoms with E-state index in [1.807, 2.05) is 0 Å². The molecule has 0 atom stereocenters. The Labute approximate surface area is 212 Å². The van der Waals surface area contributed by atoms with Gasteiger partial charge in [0.05, 0.1) is 13.2 Å². The van der Waals surface area contributed by atoms with Gasteiger partial charge in [-0.3, -0.25) is 9.59 Å². The Hall–Kier alpha value is -1.06. The molecule has 0 fully saturated rings. The minimum absolute atomic E-state index is 0.0478. The van der Waals surface area contributed by atoms with Crippen LogP contribution >= 0.6 is 0 Å². The fraction of sp³-hybridized carbons (Fsp3) is 0.933. The monoisotopic (exact) mass is 482 g/mol. The average molecular weight is 483 g/mol. The van der Waals surface area contributed by atoms with Crippen molar-refractivity contribution < 1.29 is 19.1 Å². The minimum atomic E-state index is -0.0478. The second-order valence-electron chi connectivity index (χ2n) is 10.0. The van der Waals surface area contributed by atoms with Crippen LogP contribution in [0.1, 0.15) is 168 Å². The first-order valence-electron chi connectivity index (χ1n) is 15.0. The Bertz CT molecular complexity index is 396. The summed E-state index contributed by atoms with van der Waals surface area (Å²) in [4.78, 5) is 23.6. The quantitative estimate of drug-likeness (QED) is 0.0864. The molecule has 0 N–H and O–H groups in total. The molecular formula is C30H58O4. The van der Waals surface area contributed by atoms with Crippen LogP contribution in [-0.2, 0) is 19.1 Å². The van der Waals surface area contributed by atoms with Crippen LogP contribution in [0.3, 0.4) is 0 Å². The molecule has 0 bridgehead atoms. The summed E-state index contributed by atoms with van der Waals surface area (Å²) >= 11 is 0. The number of ether oxygens (including phenoxy) is 2. The second kappa shape index (κ2) is 28.2. The Morgan fingerprint density at radius 1 is 0.382 bits per heavy atom. The van der Waals surface area contributed by atoms with Crippen LogP contribution in [0.4, 0.5) is 0 Å². The summed E-state index contributed by atoms with van der Waals surface area (Å²) < 4.78 is 10.7. The molecule has 4 heteroatoms. The molecule has 202 valence electrons. The highest BCUT2D eigenvalue weighted by Crippen LogP contribution is 2.12.